The number of carboxylic acids is 1. The van der Waals surface area contributed by atoms with Gasteiger partial charge < -0.3 is 14.7 Å². The van der Waals surface area contributed by atoms with E-state index in [1.54, 1.807) is 24.4 Å². The standard InChI is InChI=1S/C26H22ClF3N4O4S/c27-18-3-2-16(20(11-18)26(28,29)30)13-34-21-4-1-15(9-17(21)12-31-34)10-22-24(37)32-25(39-22)33-7-5-19(6-8-33)38-14-23(35)36/h1-4,9-12,19H,5-8,13-14H2,(H,35,36)/b22-10-. The molecule has 204 valence electrons. The van der Waals surface area contributed by atoms with Gasteiger partial charge in [0.05, 0.1) is 34.8 Å². The zero-order chi connectivity index (χ0) is 27.7. The second-order valence-corrected chi connectivity index (χ2v) is 10.6. The summed E-state index contributed by atoms with van der Waals surface area (Å²) >= 11 is 7.06. The number of alkyl halides is 3. The number of hydrogen-bond acceptors (Lipinski definition) is 6. The molecule has 39 heavy (non-hydrogen) atoms. The van der Waals surface area contributed by atoms with Crippen molar-refractivity contribution in [1.29, 1.82) is 0 Å². The van der Waals surface area contributed by atoms with Gasteiger partial charge in [-0.05, 0) is 66.1 Å². The predicted octanol–water partition coefficient (Wildman–Crippen LogP) is 5.29. The summed E-state index contributed by atoms with van der Waals surface area (Å²) in [5, 5.41) is 14.4. The highest BCUT2D eigenvalue weighted by Crippen LogP contribution is 2.35. The Morgan fingerprint density at radius 1 is 1.21 bits per heavy atom. The maximum atomic E-state index is 13.5. The third-order valence-corrected chi connectivity index (χ3v) is 7.70. The van der Waals surface area contributed by atoms with E-state index in [-0.39, 0.29) is 35.7 Å². The van der Waals surface area contributed by atoms with Crippen molar-refractivity contribution in [3.05, 3.63) is 69.2 Å². The van der Waals surface area contributed by atoms with Gasteiger partial charge in [0, 0.05) is 23.5 Å². The van der Waals surface area contributed by atoms with Crippen molar-refractivity contribution in [1.82, 2.24) is 14.7 Å². The van der Waals surface area contributed by atoms with Crippen LogP contribution in [0.4, 0.5) is 13.2 Å². The molecule has 2 aromatic carbocycles. The van der Waals surface area contributed by atoms with Crippen LogP contribution in [0.1, 0.15) is 29.5 Å². The second kappa shape index (κ2) is 11.0. The van der Waals surface area contributed by atoms with Gasteiger partial charge in [-0.1, -0.05) is 23.7 Å². The molecular weight excluding hydrogens is 557 g/mol. The SMILES string of the molecule is O=C(O)COC1CCN(C2=NC(=O)/C(=C/c3ccc4c(cnn4Cc4ccc(Cl)cc4C(F)(F)F)c3)S2)CC1. The number of piperidine rings is 1. The number of carbonyl (C=O) groups excluding carboxylic acids is 1. The average molecular weight is 579 g/mol. The predicted molar refractivity (Wildman–Crippen MR) is 141 cm³/mol. The summed E-state index contributed by atoms with van der Waals surface area (Å²) in [6.45, 7) is 0.793. The van der Waals surface area contributed by atoms with Crippen LogP contribution < -0.4 is 0 Å². The first-order valence-electron chi connectivity index (χ1n) is 12.0. The number of likely N-dealkylation sites (tertiary alicyclic amines) is 1. The number of aliphatic imine (C=N–C) groups is 1. The highest BCUT2D eigenvalue weighted by molar-refractivity contribution is 8.18. The van der Waals surface area contributed by atoms with Gasteiger partial charge >= 0.3 is 12.1 Å². The molecular formula is C26H22ClF3N4O4S. The quantitative estimate of drug-likeness (QED) is 0.397. The lowest BCUT2D eigenvalue weighted by Crippen LogP contribution is -2.39. The van der Waals surface area contributed by atoms with Crippen LogP contribution in [0.5, 0.6) is 0 Å². The third kappa shape index (κ3) is 6.29. The Bertz CT molecular complexity index is 1500. The molecule has 1 aromatic heterocycles. The van der Waals surface area contributed by atoms with Gasteiger partial charge in [0.25, 0.3) is 5.91 Å². The molecule has 0 radical (unpaired) electrons. The van der Waals surface area contributed by atoms with Gasteiger partial charge in [-0.25, -0.2) is 4.79 Å². The van der Waals surface area contributed by atoms with Gasteiger partial charge in [0.2, 0.25) is 0 Å². The molecule has 2 aliphatic heterocycles. The molecule has 0 unspecified atom stereocenters. The van der Waals surface area contributed by atoms with E-state index in [2.05, 4.69) is 10.1 Å². The summed E-state index contributed by atoms with van der Waals surface area (Å²) in [6, 6.07) is 9.03. The Morgan fingerprint density at radius 2 is 1.97 bits per heavy atom. The molecule has 5 rings (SSSR count). The first kappa shape index (κ1) is 27.2. The number of carboxylic acid groups (broad SMARTS) is 1. The number of benzene rings is 2. The minimum Gasteiger partial charge on any atom is -0.480 e. The maximum absolute atomic E-state index is 13.5. The Morgan fingerprint density at radius 3 is 2.69 bits per heavy atom. The van der Waals surface area contributed by atoms with Crippen LogP contribution in [0.2, 0.25) is 5.02 Å². The van der Waals surface area contributed by atoms with Crippen molar-refractivity contribution in [3.63, 3.8) is 0 Å². The zero-order valence-corrected chi connectivity index (χ0v) is 21.9. The largest absolute Gasteiger partial charge is 0.480 e. The number of carbonyl (C=O) groups is 2. The molecule has 0 bridgehead atoms. The summed E-state index contributed by atoms with van der Waals surface area (Å²) in [4.78, 5) is 29.9. The number of nitrogens with zero attached hydrogens (tertiary/aromatic N) is 4. The van der Waals surface area contributed by atoms with Crippen LogP contribution in [0.25, 0.3) is 17.0 Å². The molecule has 13 heteroatoms. The van der Waals surface area contributed by atoms with Gasteiger partial charge in [0.1, 0.15) is 6.61 Å². The number of hydrogen-bond donors (Lipinski definition) is 1. The summed E-state index contributed by atoms with van der Waals surface area (Å²) in [7, 11) is 0. The van der Waals surface area contributed by atoms with Crippen LogP contribution in [0, 0.1) is 0 Å². The second-order valence-electron chi connectivity index (χ2n) is 9.12. The lowest BCUT2D eigenvalue weighted by molar-refractivity contribution is -0.145. The Labute approximate surface area is 230 Å². The Hall–Kier alpha value is -3.35. The molecule has 3 aromatic rings. The molecule has 1 amide bonds. The van der Waals surface area contributed by atoms with Crippen molar-refractivity contribution in [2.45, 2.75) is 31.7 Å². The molecule has 0 atom stereocenters. The van der Waals surface area contributed by atoms with Crippen molar-refractivity contribution in [3.8, 4) is 0 Å². The number of ether oxygens (including phenoxy) is 1. The lowest BCUT2D eigenvalue weighted by atomic mass is 10.1. The van der Waals surface area contributed by atoms with Gasteiger partial charge in [0.15, 0.2) is 5.17 Å². The van der Waals surface area contributed by atoms with Gasteiger partial charge in [-0.15, -0.1) is 0 Å². The van der Waals surface area contributed by atoms with Crippen LogP contribution >= 0.6 is 23.4 Å². The number of fused-ring (bicyclic) bond motifs is 1. The number of amidine groups is 1. The summed E-state index contributed by atoms with van der Waals surface area (Å²) in [5.74, 6) is -1.35. The molecule has 0 aliphatic carbocycles. The molecule has 3 heterocycles. The van der Waals surface area contributed by atoms with E-state index in [0.29, 0.717) is 46.9 Å². The number of aromatic nitrogens is 2. The lowest BCUT2D eigenvalue weighted by Gasteiger charge is -2.32. The number of thioether (sulfide) groups is 1. The van der Waals surface area contributed by atoms with E-state index >= 15 is 0 Å². The molecule has 1 fully saturated rings. The van der Waals surface area contributed by atoms with E-state index in [4.69, 9.17) is 21.4 Å². The molecule has 8 nitrogen and oxygen atoms in total. The van der Waals surface area contributed by atoms with Gasteiger partial charge in [-0.3, -0.25) is 9.48 Å². The summed E-state index contributed by atoms with van der Waals surface area (Å²) < 4.78 is 47.4. The van der Waals surface area contributed by atoms with Crippen molar-refractivity contribution in [2.24, 2.45) is 4.99 Å². The minimum absolute atomic E-state index is 0.00906. The first-order chi connectivity index (χ1) is 18.6. The van der Waals surface area contributed by atoms with E-state index < -0.39 is 17.7 Å². The molecule has 0 saturated carbocycles. The molecule has 1 saturated heterocycles. The molecule has 2 aliphatic rings. The number of rotatable bonds is 6. The third-order valence-electron chi connectivity index (χ3n) is 6.43. The molecule has 0 spiro atoms. The fourth-order valence-electron chi connectivity index (χ4n) is 4.52. The van der Waals surface area contributed by atoms with E-state index in [0.717, 1.165) is 11.6 Å². The maximum Gasteiger partial charge on any atom is 0.416 e. The van der Waals surface area contributed by atoms with Crippen LogP contribution in [0.15, 0.2) is 52.5 Å². The fraction of sp³-hybridized carbons (Fsp3) is 0.308. The summed E-state index contributed by atoms with van der Waals surface area (Å²) in [5.41, 5.74) is 0.635. The van der Waals surface area contributed by atoms with Gasteiger partial charge in [-0.2, -0.15) is 23.3 Å². The first-order valence-corrected chi connectivity index (χ1v) is 13.2. The van der Waals surface area contributed by atoms with Crippen LogP contribution in [-0.4, -0.2) is 62.6 Å². The van der Waals surface area contributed by atoms with Crippen molar-refractivity contribution >= 4 is 57.4 Å². The topological polar surface area (TPSA) is 97.0 Å². The average Bonchev–Trinajstić information content (AvgIpc) is 3.46. The van der Waals surface area contributed by atoms with Crippen molar-refractivity contribution < 1.29 is 32.6 Å². The normalized spacial score (nSPS) is 17.8. The summed E-state index contributed by atoms with van der Waals surface area (Å²) in [6.07, 6.45) is -0.101. The molecule has 1 N–H and O–H groups in total. The van der Waals surface area contributed by atoms with Crippen LogP contribution in [-0.2, 0) is 27.0 Å². The number of halogens is 4. The van der Waals surface area contributed by atoms with Crippen LogP contribution in [0.3, 0.4) is 0 Å². The Balaban J connectivity index is 1.27. The number of amides is 1. The van der Waals surface area contributed by atoms with E-state index in [1.165, 1.54) is 28.6 Å². The number of aliphatic carboxylic acids is 1. The highest BCUT2D eigenvalue weighted by atomic mass is 35.5. The smallest absolute Gasteiger partial charge is 0.416 e. The zero-order valence-electron chi connectivity index (χ0n) is 20.3. The fourth-order valence-corrected chi connectivity index (χ4v) is 5.66. The van der Waals surface area contributed by atoms with Crippen molar-refractivity contribution in [2.75, 3.05) is 19.7 Å². The monoisotopic (exact) mass is 578 g/mol. The highest BCUT2D eigenvalue weighted by Gasteiger charge is 2.34. The minimum atomic E-state index is -4.54. The van der Waals surface area contributed by atoms with E-state index in [9.17, 15) is 22.8 Å². The Kier molecular flexibility index (Phi) is 7.70. The van der Waals surface area contributed by atoms with E-state index in [1.807, 2.05) is 11.0 Å².